The molecule has 0 aromatic carbocycles. The van der Waals surface area contributed by atoms with Crippen LogP contribution in [-0.4, -0.2) is 8.42 Å². The zero-order valence-corrected chi connectivity index (χ0v) is 6.02. The second-order valence-electron chi connectivity index (χ2n) is 1.45. The summed E-state index contributed by atoms with van der Waals surface area (Å²) in [6.07, 6.45) is 3.09. The van der Waals surface area contributed by atoms with Crippen molar-refractivity contribution in [1.82, 2.24) is 4.72 Å². The minimum Gasteiger partial charge on any atom is -0.290 e. The van der Waals surface area contributed by atoms with Gasteiger partial charge >= 0.3 is 0 Å². The van der Waals surface area contributed by atoms with Gasteiger partial charge in [-0.15, -0.1) is 0 Å². The highest BCUT2D eigenvalue weighted by molar-refractivity contribution is 7.70. The van der Waals surface area contributed by atoms with Crippen LogP contribution in [0.1, 0.15) is 6.92 Å². The van der Waals surface area contributed by atoms with Crippen molar-refractivity contribution in [3.05, 3.63) is 24.4 Å². The molecule has 0 aliphatic heterocycles. The van der Waals surface area contributed by atoms with Crippen LogP contribution in [0.4, 0.5) is 0 Å². The van der Waals surface area contributed by atoms with Gasteiger partial charge in [-0.25, -0.2) is 8.42 Å². The van der Waals surface area contributed by atoms with E-state index in [1.54, 1.807) is 13.0 Å². The van der Waals surface area contributed by atoms with Gasteiger partial charge in [0.1, 0.15) is 0 Å². The van der Waals surface area contributed by atoms with Gasteiger partial charge < -0.3 is 0 Å². The van der Waals surface area contributed by atoms with Gasteiger partial charge in [0.05, 0.1) is 0 Å². The van der Waals surface area contributed by atoms with Crippen molar-refractivity contribution in [1.29, 1.82) is 0 Å². The van der Waals surface area contributed by atoms with Crippen molar-refractivity contribution in [2.24, 2.45) is 0 Å². The summed E-state index contributed by atoms with van der Waals surface area (Å²) in [5.41, 5.74) is 0.570. The lowest BCUT2D eigenvalue weighted by molar-refractivity contribution is 0.608. The Bertz CT molecular complexity index is 185. The predicted octanol–water partition coefficient (Wildman–Crippen LogP) is 0.192. The van der Waals surface area contributed by atoms with Gasteiger partial charge in [0, 0.05) is 5.70 Å². The fourth-order valence-electron chi connectivity index (χ4n) is 0.358. The molecule has 9 heavy (non-hydrogen) atoms. The summed E-state index contributed by atoms with van der Waals surface area (Å²) in [6, 6.07) is 0. The van der Waals surface area contributed by atoms with Crippen LogP contribution in [-0.2, 0) is 10.9 Å². The van der Waals surface area contributed by atoms with E-state index in [9.17, 15) is 8.42 Å². The van der Waals surface area contributed by atoms with E-state index in [0.717, 1.165) is 0 Å². The minimum absolute atomic E-state index is 0.570. The topological polar surface area (TPSA) is 46.2 Å². The summed E-state index contributed by atoms with van der Waals surface area (Å²) in [5.74, 6) is 0. The molecule has 0 bridgehead atoms. The number of nitrogens with one attached hydrogen (secondary N) is 1. The lowest BCUT2D eigenvalue weighted by atomic mass is 10.4. The Labute approximate surface area is 56.2 Å². The van der Waals surface area contributed by atoms with Crippen molar-refractivity contribution >= 4 is 10.9 Å². The maximum atomic E-state index is 9.94. The van der Waals surface area contributed by atoms with Crippen molar-refractivity contribution in [3.8, 4) is 0 Å². The summed E-state index contributed by atoms with van der Waals surface area (Å²) in [5, 5.41) is 0. The van der Waals surface area contributed by atoms with Crippen LogP contribution in [0.3, 0.4) is 0 Å². The van der Waals surface area contributed by atoms with Crippen molar-refractivity contribution in [3.63, 3.8) is 0 Å². The van der Waals surface area contributed by atoms with E-state index in [1.165, 1.54) is 6.08 Å². The van der Waals surface area contributed by atoms with E-state index in [1.807, 2.05) is 0 Å². The highest BCUT2D eigenvalue weighted by Gasteiger charge is 1.82. The highest BCUT2D eigenvalue weighted by atomic mass is 32.2. The average Bonchev–Trinajstić information content (AvgIpc) is 1.63. The Balaban J connectivity index is 3.90. The molecular formula is C5H9NO2S. The first kappa shape index (κ1) is 8.23. The molecule has 0 aliphatic carbocycles. The molecule has 52 valence electrons. The summed E-state index contributed by atoms with van der Waals surface area (Å²) < 4.78 is 22.1. The van der Waals surface area contributed by atoms with E-state index in [0.29, 0.717) is 5.70 Å². The van der Waals surface area contributed by atoms with E-state index in [4.69, 9.17) is 0 Å². The summed E-state index contributed by atoms with van der Waals surface area (Å²) >= 11 is 0. The fourth-order valence-corrected chi connectivity index (χ4v) is 0.721. The maximum Gasteiger partial charge on any atom is 0.222 e. The van der Waals surface area contributed by atoms with Crippen LogP contribution in [0, 0.1) is 0 Å². The quantitative estimate of drug-likeness (QED) is 0.442. The van der Waals surface area contributed by atoms with E-state index in [2.05, 4.69) is 11.3 Å². The maximum absolute atomic E-state index is 9.94. The van der Waals surface area contributed by atoms with Crippen LogP contribution < -0.4 is 4.72 Å². The Hall–Kier alpha value is -0.770. The first-order chi connectivity index (χ1) is 4.16. The number of hydrogen-bond donors (Lipinski definition) is 2. The van der Waals surface area contributed by atoms with E-state index < -0.39 is 10.9 Å². The first-order valence-electron chi connectivity index (χ1n) is 2.37. The number of allylic oxidation sites excluding steroid dienone is 3. The molecule has 1 N–H and O–H groups in total. The van der Waals surface area contributed by atoms with Crippen LogP contribution in [0.25, 0.3) is 0 Å². The molecular weight excluding hydrogens is 138 g/mol. The van der Waals surface area contributed by atoms with Gasteiger partial charge in [-0.2, -0.15) is 0 Å². The predicted molar refractivity (Wildman–Crippen MR) is 37.4 cm³/mol. The van der Waals surface area contributed by atoms with E-state index >= 15 is 0 Å². The zero-order valence-electron chi connectivity index (χ0n) is 5.13. The number of thiol groups is 1. The molecule has 0 aliphatic rings. The molecule has 0 spiro atoms. The van der Waals surface area contributed by atoms with Gasteiger partial charge in [0.25, 0.3) is 0 Å². The third-order valence-corrected chi connectivity index (χ3v) is 1.17. The molecule has 0 aromatic heterocycles. The van der Waals surface area contributed by atoms with E-state index in [-0.39, 0.29) is 0 Å². The van der Waals surface area contributed by atoms with Gasteiger partial charge in [-0.3, -0.25) is 4.72 Å². The molecule has 0 unspecified atom stereocenters. The first-order valence-corrected chi connectivity index (χ1v) is 3.55. The summed E-state index contributed by atoms with van der Waals surface area (Å²) in [4.78, 5) is 0. The molecule has 3 nitrogen and oxygen atoms in total. The molecule has 0 saturated heterocycles. The molecule has 0 heterocycles. The fraction of sp³-hybridized carbons (Fsp3) is 0.200. The molecule has 0 rings (SSSR count). The zero-order chi connectivity index (χ0) is 7.28. The van der Waals surface area contributed by atoms with Crippen LogP contribution in [0.5, 0.6) is 0 Å². The largest absolute Gasteiger partial charge is 0.290 e. The Morgan fingerprint density at radius 3 is 2.56 bits per heavy atom. The molecule has 0 saturated carbocycles. The lowest BCUT2D eigenvalue weighted by Crippen LogP contribution is -2.06. The van der Waals surface area contributed by atoms with Gasteiger partial charge in [-0.05, 0) is 13.0 Å². The third kappa shape index (κ3) is 5.10. The second kappa shape index (κ2) is 4.14. The van der Waals surface area contributed by atoms with Crippen molar-refractivity contribution < 1.29 is 8.42 Å². The van der Waals surface area contributed by atoms with Crippen LogP contribution in [0.15, 0.2) is 24.4 Å². The molecule has 0 amide bonds. The molecule has 0 radical (unpaired) electrons. The summed E-state index contributed by atoms with van der Waals surface area (Å²) in [7, 11) is -2.52. The highest BCUT2D eigenvalue weighted by Crippen LogP contribution is 1.83. The standard InChI is InChI=1S/C5H9NO2S/c1-3-4-5(2)6-9(7)8/h3-4,9H,1H2,2H3,(H,6,7,8)/b5-4+. The van der Waals surface area contributed by atoms with Crippen LogP contribution >= 0.6 is 0 Å². The molecule has 0 fully saturated rings. The third-order valence-electron chi connectivity index (χ3n) is 0.635. The smallest absolute Gasteiger partial charge is 0.222 e. The van der Waals surface area contributed by atoms with Gasteiger partial charge in [0.2, 0.25) is 10.9 Å². The molecule has 0 aromatic rings. The van der Waals surface area contributed by atoms with Crippen molar-refractivity contribution in [2.45, 2.75) is 6.92 Å². The lowest BCUT2D eigenvalue weighted by Gasteiger charge is -1.92. The Morgan fingerprint density at radius 1 is 1.67 bits per heavy atom. The Morgan fingerprint density at radius 2 is 2.22 bits per heavy atom. The minimum atomic E-state index is -2.52. The Kier molecular flexibility index (Phi) is 3.79. The molecule has 0 atom stereocenters. The number of rotatable bonds is 3. The second-order valence-corrected chi connectivity index (χ2v) is 2.19. The number of hydrogen-bond acceptors (Lipinski definition) is 2. The summed E-state index contributed by atoms with van der Waals surface area (Å²) in [6.45, 7) is 5.04. The SMILES string of the molecule is C=C/C=C(\C)N[SH](=O)=O. The normalized spacial score (nSPS) is 11.6. The van der Waals surface area contributed by atoms with Gasteiger partial charge in [0.15, 0.2) is 0 Å². The molecule has 4 heteroatoms. The monoisotopic (exact) mass is 147 g/mol. The van der Waals surface area contributed by atoms with Crippen LogP contribution in [0.2, 0.25) is 0 Å². The average molecular weight is 147 g/mol. The van der Waals surface area contributed by atoms with Crippen molar-refractivity contribution in [2.75, 3.05) is 0 Å². The van der Waals surface area contributed by atoms with Gasteiger partial charge in [-0.1, -0.05) is 12.7 Å².